The van der Waals surface area contributed by atoms with Crippen molar-refractivity contribution in [2.75, 3.05) is 20.3 Å². The van der Waals surface area contributed by atoms with Crippen LogP contribution in [0.5, 0.6) is 5.75 Å². The van der Waals surface area contributed by atoms with E-state index >= 15 is 0 Å². The molecule has 1 saturated heterocycles. The lowest BCUT2D eigenvalue weighted by Gasteiger charge is -2.10. The number of methoxy groups -OCH3 is 1. The maximum absolute atomic E-state index is 6.04. The highest BCUT2D eigenvalue weighted by Gasteiger charge is 2.19. The predicted octanol–water partition coefficient (Wildman–Crippen LogP) is 3.86. The first-order valence-electron chi connectivity index (χ1n) is 8.17. The molecule has 0 bridgehead atoms. The minimum atomic E-state index is 0.550. The van der Waals surface area contributed by atoms with Crippen LogP contribution in [0.15, 0.2) is 53.2 Å². The van der Waals surface area contributed by atoms with E-state index < -0.39 is 0 Å². The summed E-state index contributed by atoms with van der Waals surface area (Å²) in [6, 6.07) is 11.8. The van der Waals surface area contributed by atoms with E-state index in [9.17, 15) is 0 Å². The van der Waals surface area contributed by atoms with Crippen LogP contribution >= 0.6 is 0 Å². The highest BCUT2D eigenvalue weighted by Crippen LogP contribution is 2.29. The van der Waals surface area contributed by atoms with Crippen LogP contribution in [0.4, 0.5) is 0 Å². The fraction of sp³-hybridized carbons (Fsp3) is 0.316. The molecule has 5 nitrogen and oxygen atoms in total. The third kappa shape index (κ3) is 2.95. The molecule has 3 aromatic rings. The molecule has 1 aromatic carbocycles. The monoisotopic (exact) mass is 324 g/mol. The van der Waals surface area contributed by atoms with Gasteiger partial charge in [0.05, 0.1) is 13.7 Å². The first kappa shape index (κ1) is 15.0. The van der Waals surface area contributed by atoms with Gasteiger partial charge in [-0.05, 0) is 42.8 Å². The Morgan fingerprint density at radius 3 is 2.75 bits per heavy atom. The Kier molecular flexibility index (Phi) is 4.09. The van der Waals surface area contributed by atoms with Crippen molar-refractivity contribution in [1.82, 2.24) is 9.55 Å². The van der Waals surface area contributed by atoms with E-state index in [1.54, 1.807) is 7.11 Å². The largest absolute Gasteiger partial charge is 0.497 e. The van der Waals surface area contributed by atoms with Gasteiger partial charge in [-0.2, -0.15) is 0 Å². The Balaban J connectivity index is 1.57. The lowest BCUT2D eigenvalue weighted by molar-refractivity contribution is 0.182. The fourth-order valence-corrected chi connectivity index (χ4v) is 3.06. The smallest absolute Gasteiger partial charge is 0.176 e. The van der Waals surface area contributed by atoms with Gasteiger partial charge in [-0.15, -0.1) is 0 Å². The molecule has 0 N–H and O–H groups in total. The Morgan fingerprint density at radius 2 is 2.00 bits per heavy atom. The zero-order valence-electron chi connectivity index (χ0n) is 13.6. The van der Waals surface area contributed by atoms with Crippen molar-refractivity contribution < 1.29 is 13.9 Å². The standard InChI is InChI=1S/C19H20N2O3/c1-22-16-4-2-15(3-5-16)17-6-7-18(24-17)19-20-9-10-21(19)12-14-8-11-23-13-14/h2-7,9-10,14H,8,11-13H2,1H3/t14-/m1/s1. The van der Waals surface area contributed by atoms with E-state index in [2.05, 4.69) is 9.55 Å². The second-order valence-corrected chi connectivity index (χ2v) is 6.03. The fourth-order valence-electron chi connectivity index (χ4n) is 3.06. The molecule has 1 aliphatic rings. The number of rotatable bonds is 5. The van der Waals surface area contributed by atoms with Gasteiger partial charge in [0.1, 0.15) is 11.5 Å². The van der Waals surface area contributed by atoms with Crippen molar-refractivity contribution in [2.45, 2.75) is 13.0 Å². The van der Waals surface area contributed by atoms with Crippen LogP contribution in [-0.2, 0) is 11.3 Å². The molecule has 3 heterocycles. The van der Waals surface area contributed by atoms with Crippen molar-refractivity contribution in [1.29, 1.82) is 0 Å². The Hall–Kier alpha value is -2.53. The van der Waals surface area contributed by atoms with Gasteiger partial charge in [0.2, 0.25) is 0 Å². The van der Waals surface area contributed by atoms with E-state index in [0.29, 0.717) is 5.92 Å². The molecule has 124 valence electrons. The van der Waals surface area contributed by atoms with Gasteiger partial charge in [0.25, 0.3) is 0 Å². The molecule has 5 heteroatoms. The summed E-state index contributed by atoms with van der Waals surface area (Å²) in [5.74, 6) is 3.85. The molecule has 1 aliphatic heterocycles. The normalized spacial score (nSPS) is 17.3. The molecule has 24 heavy (non-hydrogen) atoms. The van der Waals surface area contributed by atoms with Crippen molar-refractivity contribution in [3.8, 4) is 28.7 Å². The van der Waals surface area contributed by atoms with E-state index in [1.807, 2.05) is 48.8 Å². The van der Waals surface area contributed by atoms with Crippen LogP contribution in [0, 0.1) is 5.92 Å². The highest BCUT2D eigenvalue weighted by atomic mass is 16.5. The van der Waals surface area contributed by atoms with Gasteiger partial charge >= 0.3 is 0 Å². The second kappa shape index (κ2) is 6.53. The maximum Gasteiger partial charge on any atom is 0.176 e. The number of furan rings is 1. The number of nitrogens with zero attached hydrogens (tertiary/aromatic N) is 2. The zero-order valence-corrected chi connectivity index (χ0v) is 13.6. The Morgan fingerprint density at radius 1 is 1.17 bits per heavy atom. The highest BCUT2D eigenvalue weighted by molar-refractivity contribution is 5.62. The predicted molar refractivity (Wildman–Crippen MR) is 90.8 cm³/mol. The van der Waals surface area contributed by atoms with Crippen LogP contribution in [-0.4, -0.2) is 29.9 Å². The van der Waals surface area contributed by atoms with Crippen LogP contribution in [0.3, 0.4) is 0 Å². The molecule has 0 saturated carbocycles. The molecule has 4 rings (SSSR count). The SMILES string of the molecule is COc1ccc(-c2ccc(-c3nccn3C[C@H]3CCOC3)o2)cc1. The summed E-state index contributed by atoms with van der Waals surface area (Å²) in [5, 5.41) is 0. The minimum Gasteiger partial charge on any atom is -0.497 e. The molecule has 0 aliphatic carbocycles. The molecule has 1 fully saturated rings. The summed E-state index contributed by atoms with van der Waals surface area (Å²) in [5.41, 5.74) is 1.02. The summed E-state index contributed by atoms with van der Waals surface area (Å²) < 4.78 is 18.8. The molecular weight excluding hydrogens is 304 g/mol. The maximum atomic E-state index is 6.04. The van der Waals surface area contributed by atoms with Crippen LogP contribution in [0.2, 0.25) is 0 Å². The number of aromatic nitrogens is 2. The third-order valence-corrected chi connectivity index (χ3v) is 4.40. The number of benzene rings is 1. The van der Waals surface area contributed by atoms with Gasteiger partial charge in [0, 0.05) is 37.0 Å². The summed E-state index contributed by atoms with van der Waals surface area (Å²) in [6.07, 6.45) is 4.93. The topological polar surface area (TPSA) is 49.4 Å². The van der Waals surface area contributed by atoms with E-state index in [-0.39, 0.29) is 0 Å². The quantitative estimate of drug-likeness (QED) is 0.715. The first-order chi connectivity index (χ1) is 11.8. The number of hydrogen-bond donors (Lipinski definition) is 0. The third-order valence-electron chi connectivity index (χ3n) is 4.40. The Labute approximate surface area is 140 Å². The lowest BCUT2D eigenvalue weighted by atomic mass is 10.1. The van der Waals surface area contributed by atoms with E-state index in [4.69, 9.17) is 13.9 Å². The van der Waals surface area contributed by atoms with Gasteiger partial charge in [-0.1, -0.05) is 0 Å². The van der Waals surface area contributed by atoms with Crippen molar-refractivity contribution in [2.24, 2.45) is 5.92 Å². The molecule has 1 atom stereocenters. The molecule has 0 unspecified atom stereocenters. The molecule has 0 amide bonds. The summed E-state index contributed by atoms with van der Waals surface area (Å²) in [6.45, 7) is 2.60. The average Bonchev–Trinajstić information content (AvgIpc) is 3.37. The molecular formula is C19H20N2O3. The molecule has 0 radical (unpaired) electrons. The van der Waals surface area contributed by atoms with Crippen molar-refractivity contribution >= 4 is 0 Å². The van der Waals surface area contributed by atoms with Gasteiger partial charge in [0.15, 0.2) is 11.6 Å². The van der Waals surface area contributed by atoms with Crippen LogP contribution in [0.25, 0.3) is 22.9 Å². The lowest BCUT2D eigenvalue weighted by Crippen LogP contribution is -2.10. The molecule has 2 aromatic heterocycles. The first-order valence-corrected chi connectivity index (χ1v) is 8.17. The van der Waals surface area contributed by atoms with Gasteiger partial charge < -0.3 is 18.5 Å². The molecule has 0 spiro atoms. The van der Waals surface area contributed by atoms with E-state index in [1.165, 1.54) is 0 Å². The van der Waals surface area contributed by atoms with Crippen LogP contribution in [0.1, 0.15) is 6.42 Å². The van der Waals surface area contributed by atoms with E-state index in [0.717, 1.165) is 54.8 Å². The summed E-state index contributed by atoms with van der Waals surface area (Å²) in [7, 11) is 1.66. The van der Waals surface area contributed by atoms with Crippen molar-refractivity contribution in [3.63, 3.8) is 0 Å². The van der Waals surface area contributed by atoms with Crippen molar-refractivity contribution in [3.05, 3.63) is 48.8 Å². The summed E-state index contributed by atoms with van der Waals surface area (Å²) >= 11 is 0. The number of imidazole rings is 1. The minimum absolute atomic E-state index is 0.550. The van der Waals surface area contributed by atoms with Crippen LogP contribution < -0.4 is 4.74 Å². The Bertz CT molecular complexity index is 798. The number of ether oxygens (including phenoxy) is 2. The second-order valence-electron chi connectivity index (χ2n) is 6.03. The van der Waals surface area contributed by atoms with Gasteiger partial charge in [-0.3, -0.25) is 0 Å². The number of hydrogen-bond acceptors (Lipinski definition) is 4. The summed E-state index contributed by atoms with van der Waals surface area (Å²) in [4.78, 5) is 4.47. The average molecular weight is 324 g/mol. The zero-order chi connectivity index (χ0) is 16.4. The van der Waals surface area contributed by atoms with Gasteiger partial charge in [-0.25, -0.2) is 4.98 Å².